The highest BCUT2D eigenvalue weighted by atomic mass is 14.9. The fourth-order valence-electron chi connectivity index (χ4n) is 2.45. The van der Waals surface area contributed by atoms with Gasteiger partial charge in [-0.1, -0.05) is 12.2 Å². The molecule has 1 aliphatic carbocycles. The number of aromatic nitrogens is 1. The maximum Gasteiger partial charge on any atom is 0.0425 e. The van der Waals surface area contributed by atoms with Crippen LogP contribution in [0.25, 0.3) is 10.8 Å². The first-order valence-electron chi connectivity index (χ1n) is 6.30. The lowest BCUT2D eigenvalue weighted by Gasteiger charge is -2.16. The maximum absolute atomic E-state index is 6.00. The van der Waals surface area contributed by atoms with Crippen molar-refractivity contribution in [2.24, 2.45) is 0 Å². The summed E-state index contributed by atoms with van der Waals surface area (Å²) in [5.74, 6) is 0. The van der Waals surface area contributed by atoms with Gasteiger partial charge in [-0.15, -0.1) is 0 Å². The molecule has 0 amide bonds. The van der Waals surface area contributed by atoms with Crippen LogP contribution in [0.3, 0.4) is 0 Å². The minimum atomic E-state index is 0.505. The van der Waals surface area contributed by atoms with Crippen LogP contribution in [0.15, 0.2) is 36.5 Å². The van der Waals surface area contributed by atoms with Crippen LogP contribution in [-0.4, -0.2) is 11.0 Å². The molecule has 0 unspecified atom stereocenters. The van der Waals surface area contributed by atoms with E-state index in [1.807, 2.05) is 19.2 Å². The van der Waals surface area contributed by atoms with Crippen LogP contribution >= 0.6 is 0 Å². The Morgan fingerprint density at radius 1 is 1.22 bits per heavy atom. The molecule has 0 fully saturated rings. The molecule has 0 spiro atoms. The van der Waals surface area contributed by atoms with E-state index in [-0.39, 0.29) is 0 Å². The summed E-state index contributed by atoms with van der Waals surface area (Å²) in [5.41, 5.74) is 8.95. The normalized spacial score (nSPS) is 15.4. The molecule has 1 aromatic carbocycles. The zero-order valence-electron chi connectivity index (χ0n) is 10.5. The second-order valence-electron chi connectivity index (χ2n) is 4.86. The second kappa shape index (κ2) is 4.33. The van der Waals surface area contributed by atoms with E-state index in [1.165, 1.54) is 0 Å². The molecule has 1 aliphatic rings. The van der Waals surface area contributed by atoms with Crippen molar-refractivity contribution in [1.82, 2.24) is 4.98 Å². The summed E-state index contributed by atoms with van der Waals surface area (Å²) in [6.07, 6.45) is 8.50. The first-order chi connectivity index (χ1) is 8.74. The van der Waals surface area contributed by atoms with E-state index in [9.17, 15) is 0 Å². The van der Waals surface area contributed by atoms with Gasteiger partial charge in [0.15, 0.2) is 0 Å². The van der Waals surface area contributed by atoms with Gasteiger partial charge in [-0.2, -0.15) is 0 Å². The number of pyridine rings is 1. The van der Waals surface area contributed by atoms with E-state index in [1.54, 1.807) is 0 Å². The van der Waals surface area contributed by atoms with Crippen molar-refractivity contribution in [3.8, 4) is 0 Å². The maximum atomic E-state index is 6.00. The molecule has 2 aromatic rings. The minimum Gasteiger partial charge on any atom is -0.398 e. The molecular formula is C15H17N3. The fourth-order valence-corrected chi connectivity index (χ4v) is 2.45. The first-order valence-corrected chi connectivity index (χ1v) is 6.30. The Kier molecular flexibility index (Phi) is 2.67. The molecule has 1 heterocycles. The largest absolute Gasteiger partial charge is 0.398 e. The molecule has 0 atom stereocenters. The Balaban J connectivity index is 2.05. The number of aryl methyl sites for hydroxylation is 1. The lowest BCUT2D eigenvalue weighted by atomic mass is 10.1. The molecule has 3 rings (SSSR count). The smallest absolute Gasteiger partial charge is 0.0425 e. The second-order valence-corrected chi connectivity index (χ2v) is 4.86. The summed E-state index contributed by atoms with van der Waals surface area (Å²) in [7, 11) is 0. The summed E-state index contributed by atoms with van der Waals surface area (Å²) in [4.78, 5) is 4.32. The molecule has 0 radical (unpaired) electrons. The van der Waals surface area contributed by atoms with Gasteiger partial charge in [0.05, 0.1) is 0 Å². The lowest BCUT2D eigenvalue weighted by molar-refractivity contribution is 0.788. The Morgan fingerprint density at radius 3 is 2.78 bits per heavy atom. The number of hydrogen-bond acceptors (Lipinski definition) is 3. The number of hydrogen-bond donors (Lipinski definition) is 2. The van der Waals surface area contributed by atoms with Gasteiger partial charge in [-0.25, -0.2) is 0 Å². The predicted molar refractivity (Wildman–Crippen MR) is 76.7 cm³/mol. The molecule has 92 valence electrons. The zero-order chi connectivity index (χ0) is 12.5. The van der Waals surface area contributed by atoms with Crippen molar-refractivity contribution < 1.29 is 0 Å². The summed E-state index contributed by atoms with van der Waals surface area (Å²) < 4.78 is 0. The summed E-state index contributed by atoms with van der Waals surface area (Å²) in [6.45, 7) is 2.00. The fraction of sp³-hybridized carbons (Fsp3) is 0.267. The quantitative estimate of drug-likeness (QED) is 0.624. The van der Waals surface area contributed by atoms with Crippen molar-refractivity contribution >= 4 is 22.1 Å². The van der Waals surface area contributed by atoms with Crippen LogP contribution in [0.2, 0.25) is 0 Å². The van der Waals surface area contributed by atoms with E-state index in [4.69, 9.17) is 5.73 Å². The van der Waals surface area contributed by atoms with Gasteiger partial charge in [0.1, 0.15) is 0 Å². The van der Waals surface area contributed by atoms with E-state index >= 15 is 0 Å². The Labute approximate surface area is 107 Å². The average Bonchev–Trinajstić information content (AvgIpc) is 2.86. The minimum absolute atomic E-state index is 0.505. The molecule has 18 heavy (non-hydrogen) atoms. The first kappa shape index (κ1) is 11.1. The van der Waals surface area contributed by atoms with Gasteiger partial charge in [0.2, 0.25) is 0 Å². The highest BCUT2D eigenvalue weighted by Crippen LogP contribution is 2.30. The number of nitrogens with one attached hydrogen (secondary N) is 1. The van der Waals surface area contributed by atoms with Crippen LogP contribution in [0, 0.1) is 6.92 Å². The van der Waals surface area contributed by atoms with Crippen molar-refractivity contribution in [1.29, 1.82) is 0 Å². The third-order valence-corrected chi connectivity index (χ3v) is 3.44. The van der Waals surface area contributed by atoms with E-state index in [2.05, 4.69) is 34.6 Å². The Hall–Kier alpha value is -2.03. The Bertz CT molecular complexity index is 608. The molecule has 0 bridgehead atoms. The predicted octanol–water partition coefficient (Wildman–Crippen LogP) is 3.26. The highest BCUT2D eigenvalue weighted by Gasteiger charge is 2.12. The summed E-state index contributed by atoms with van der Waals surface area (Å²) in [5, 5.41) is 5.78. The molecule has 0 aliphatic heterocycles. The number of fused-ring (bicyclic) bond motifs is 1. The van der Waals surface area contributed by atoms with Gasteiger partial charge in [-0.05, 0) is 38.0 Å². The van der Waals surface area contributed by atoms with E-state index in [0.29, 0.717) is 6.04 Å². The molecule has 3 heteroatoms. The lowest BCUT2D eigenvalue weighted by Crippen LogP contribution is -2.15. The SMILES string of the molecule is Cc1cc2c(NC3CC=CC3)ccc(N)c2cn1. The molecular weight excluding hydrogens is 222 g/mol. The topological polar surface area (TPSA) is 50.9 Å². The number of anilines is 2. The molecule has 1 aromatic heterocycles. The summed E-state index contributed by atoms with van der Waals surface area (Å²) in [6, 6.07) is 6.61. The summed E-state index contributed by atoms with van der Waals surface area (Å²) >= 11 is 0. The standard InChI is InChI=1S/C15H17N3/c1-10-8-12-13(9-17-10)14(16)6-7-15(12)18-11-4-2-3-5-11/h2-3,6-9,11,18H,4-5,16H2,1H3. The molecule has 3 N–H and O–H groups in total. The van der Waals surface area contributed by atoms with Crippen molar-refractivity contribution in [3.05, 3.63) is 42.2 Å². The number of benzene rings is 1. The Morgan fingerprint density at radius 2 is 2.00 bits per heavy atom. The van der Waals surface area contributed by atoms with Crippen LogP contribution in [-0.2, 0) is 0 Å². The highest BCUT2D eigenvalue weighted by molar-refractivity contribution is 6.00. The van der Waals surface area contributed by atoms with Gasteiger partial charge in [0, 0.05) is 40.1 Å². The zero-order valence-corrected chi connectivity index (χ0v) is 10.5. The van der Waals surface area contributed by atoms with Crippen LogP contribution in [0.1, 0.15) is 18.5 Å². The van der Waals surface area contributed by atoms with Crippen LogP contribution < -0.4 is 11.1 Å². The molecule has 3 nitrogen and oxygen atoms in total. The van der Waals surface area contributed by atoms with Crippen LogP contribution in [0.5, 0.6) is 0 Å². The van der Waals surface area contributed by atoms with E-state index < -0.39 is 0 Å². The van der Waals surface area contributed by atoms with Gasteiger partial charge in [-0.3, -0.25) is 4.98 Å². The van der Waals surface area contributed by atoms with E-state index in [0.717, 1.165) is 40.7 Å². The van der Waals surface area contributed by atoms with Crippen molar-refractivity contribution in [3.63, 3.8) is 0 Å². The van der Waals surface area contributed by atoms with Gasteiger partial charge in [0.25, 0.3) is 0 Å². The van der Waals surface area contributed by atoms with Crippen molar-refractivity contribution in [2.45, 2.75) is 25.8 Å². The molecule has 0 saturated carbocycles. The average molecular weight is 239 g/mol. The number of rotatable bonds is 2. The third kappa shape index (κ3) is 1.92. The number of nitrogen functional groups attached to an aromatic ring is 1. The monoisotopic (exact) mass is 239 g/mol. The van der Waals surface area contributed by atoms with Crippen molar-refractivity contribution in [2.75, 3.05) is 11.1 Å². The van der Waals surface area contributed by atoms with Gasteiger partial charge >= 0.3 is 0 Å². The van der Waals surface area contributed by atoms with Gasteiger partial charge < -0.3 is 11.1 Å². The number of nitrogens with two attached hydrogens (primary N) is 1. The number of nitrogens with zero attached hydrogens (tertiary/aromatic N) is 1. The third-order valence-electron chi connectivity index (χ3n) is 3.44. The van der Waals surface area contributed by atoms with Crippen LogP contribution in [0.4, 0.5) is 11.4 Å². The molecule has 0 saturated heterocycles.